The largest absolute Gasteiger partial charge is 0.508 e. The van der Waals surface area contributed by atoms with Gasteiger partial charge in [-0.05, 0) is 31.2 Å². The van der Waals surface area contributed by atoms with Gasteiger partial charge in [-0.25, -0.2) is 0 Å². The summed E-state index contributed by atoms with van der Waals surface area (Å²) in [7, 11) is 0. The second-order valence-corrected chi connectivity index (χ2v) is 7.40. The number of phenols is 3. The van der Waals surface area contributed by atoms with E-state index in [2.05, 4.69) is 0 Å². The van der Waals surface area contributed by atoms with E-state index >= 15 is 0 Å². The van der Waals surface area contributed by atoms with Gasteiger partial charge >= 0.3 is 0 Å². The first-order valence-electron chi connectivity index (χ1n) is 9.50. The van der Waals surface area contributed by atoms with Crippen LogP contribution in [0, 0.1) is 0 Å². The third-order valence-electron chi connectivity index (χ3n) is 5.23. The van der Waals surface area contributed by atoms with E-state index in [1.165, 1.54) is 31.2 Å². The maximum Gasteiger partial charge on any atom is 0.238 e. The fourth-order valence-electron chi connectivity index (χ4n) is 3.45. The van der Waals surface area contributed by atoms with Crippen molar-refractivity contribution < 1.29 is 49.6 Å². The number of hydrogen-bond donors (Lipinski definition) is 7. The molecule has 3 aromatic rings. The Kier molecular flexibility index (Phi) is 5.34. The zero-order valence-electron chi connectivity index (χ0n) is 16.5. The van der Waals surface area contributed by atoms with Crippen LogP contribution in [0.25, 0.3) is 22.3 Å². The summed E-state index contributed by atoms with van der Waals surface area (Å²) in [6.45, 7) is 1.42. The fraction of sp³-hybridized carbons (Fsp3) is 0.286. The second-order valence-electron chi connectivity index (χ2n) is 7.40. The fourth-order valence-corrected chi connectivity index (χ4v) is 3.45. The van der Waals surface area contributed by atoms with Gasteiger partial charge in [-0.3, -0.25) is 4.79 Å². The Labute approximate surface area is 179 Å². The summed E-state index contributed by atoms with van der Waals surface area (Å²) in [5.74, 6) is -3.17. The van der Waals surface area contributed by atoms with Gasteiger partial charge in [0.1, 0.15) is 35.2 Å². The van der Waals surface area contributed by atoms with E-state index in [9.17, 15) is 40.5 Å². The van der Waals surface area contributed by atoms with Gasteiger partial charge in [0.2, 0.25) is 23.2 Å². The zero-order chi connectivity index (χ0) is 23.3. The molecule has 1 aromatic heterocycles. The highest BCUT2D eigenvalue weighted by Crippen LogP contribution is 2.43. The van der Waals surface area contributed by atoms with Crippen LogP contribution in [0.15, 0.2) is 39.5 Å². The Hall–Kier alpha value is -3.51. The van der Waals surface area contributed by atoms with Crippen LogP contribution in [0.5, 0.6) is 28.7 Å². The third-order valence-corrected chi connectivity index (χ3v) is 5.23. The van der Waals surface area contributed by atoms with E-state index in [1.54, 1.807) is 0 Å². The molecule has 4 rings (SSSR count). The minimum absolute atomic E-state index is 0.0750. The van der Waals surface area contributed by atoms with E-state index in [0.717, 1.165) is 6.07 Å². The first-order valence-corrected chi connectivity index (χ1v) is 9.50. The van der Waals surface area contributed by atoms with Crippen LogP contribution >= 0.6 is 0 Å². The molecular formula is C21H20O11. The Balaban J connectivity index is 1.89. The number of aliphatic hydroxyl groups excluding tert-OH is 3. The number of rotatable bonds is 3. The van der Waals surface area contributed by atoms with Gasteiger partial charge in [0.05, 0.1) is 6.10 Å². The van der Waals surface area contributed by atoms with Gasteiger partial charge in [-0.15, -0.1) is 0 Å². The SMILES string of the molecule is CC1OC(Oc2c(O)cc(O)c3c(=O)c(O)c(-c4ccc(O)cc4)oc23)C(O)C(O)C1O. The molecule has 2 aromatic carbocycles. The highest BCUT2D eigenvalue weighted by molar-refractivity contribution is 5.93. The molecule has 11 heteroatoms. The van der Waals surface area contributed by atoms with Crippen molar-refractivity contribution >= 4 is 11.0 Å². The lowest BCUT2D eigenvalue weighted by molar-refractivity contribution is -0.268. The smallest absolute Gasteiger partial charge is 0.238 e. The molecule has 32 heavy (non-hydrogen) atoms. The minimum atomic E-state index is -1.73. The molecule has 2 heterocycles. The molecule has 11 nitrogen and oxygen atoms in total. The number of fused-ring (bicyclic) bond motifs is 1. The van der Waals surface area contributed by atoms with E-state index in [0.29, 0.717) is 0 Å². The predicted molar refractivity (Wildman–Crippen MR) is 108 cm³/mol. The van der Waals surface area contributed by atoms with Gasteiger partial charge < -0.3 is 49.6 Å². The van der Waals surface area contributed by atoms with E-state index < -0.39 is 70.1 Å². The van der Waals surface area contributed by atoms with Gasteiger partial charge in [0.25, 0.3) is 0 Å². The maximum absolute atomic E-state index is 12.8. The van der Waals surface area contributed by atoms with Crippen LogP contribution in [0.2, 0.25) is 0 Å². The Bertz CT molecular complexity index is 1220. The van der Waals surface area contributed by atoms with Gasteiger partial charge in [0, 0.05) is 11.6 Å². The molecule has 1 saturated heterocycles. The van der Waals surface area contributed by atoms with Gasteiger partial charge in [-0.1, -0.05) is 0 Å². The molecule has 0 aliphatic carbocycles. The molecule has 1 aliphatic heterocycles. The van der Waals surface area contributed by atoms with Crippen LogP contribution in [0.3, 0.4) is 0 Å². The first-order chi connectivity index (χ1) is 15.1. The summed E-state index contributed by atoms with van der Waals surface area (Å²) in [6, 6.07) is 6.07. The van der Waals surface area contributed by atoms with Gasteiger partial charge in [0.15, 0.2) is 17.1 Å². The minimum Gasteiger partial charge on any atom is -0.508 e. The summed E-state index contributed by atoms with van der Waals surface area (Å²) < 4.78 is 16.5. The van der Waals surface area contributed by atoms with Crippen molar-refractivity contribution in [2.75, 3.05) is 0 Å². The van der Waals surface area contributed by atoms with Crippen LogP contribution < -0.4 is 10.2 Å². The lowest BCUT2D eigenvalue weighted by atomic mass is 10.00. The number of hydrogen-bond acceptors (Lipinski definition) is 11. The lowest BCUT2D eigenvalue weighted by Crippen LogP contribution is -2.58. The average Bonchev–Trinajstić information content (AvgIpc) is 2.75. The molecule has 5 unspecified atom stereocenters. The van der Waals surface area contributed by atoms with Crippen LogP contribution in [0.1, 0.15) is 6.92 Å². The standard InChI is InChI=1S/C21H20O11/c1-7-13(25)15(27)17(29)21(30-7)32-19-11(24)6-10(23)12-14(26)16(28)18(31-20(12)19)8-2-4-9(22)5-3-8/h2-7,13,15,17,21-25,27-29H,1H3. The molecule has 0 bridgehead atoms. The van der Waals surface area contributed by atoms with Crippen molar-refractivity contribution in [2.45, 2.75) is 37.6 Å². The van der Waals surface area contributed by atoms with E-state index in [-0.39, 0.29) is 17.1 Å². The van der Waals surface area contributed by atoms with Crippen molar-refractivity contribution in [3.05, 3.63) is 40.6 Å². The Morgan fingerprint density at radius 1 is 0.906 bits per heavy atom. The van der Waals surface area contributed by atoms with Crippen molar-refractivity contribution in [1.82, 2.24) is 0 Å². The molecule has 5 atom stereocenters. The molecule has 170 valence electrons. The molecule has 1 aliphatic rings. The normalized spacial score (nSPS) is 25.7. The number of phenolic OH excluding ortho intramolecular Hbond substituents is 3. The molecule has 1 fully saturated rings. The monoisotopic (exact) mass is 448 g/mol. The molecular weight excluding hydrogens is 428 g/mol. The van der Waals surface area contributed by atoms with Crippen molar-refractivity contribution in [2.24, 2.45) is 0 Å². The van der Waals surface area contributed by atoms with Crippen molar-refractivity contribution in [1.29, 1.82) is 0 Å². The highest BCUT2D eigenvalue weighted by atomic mass is 16.7. The average molecular weight is 448 g/mol. The second kappa shape index (κ2) is 7.88. The van der Waals surface area contributed by atoms with Crippen molar-refractivity contribution in [3.63, 3.8) is 0 Å². The molecule has 0 amide bonds. The van der Waals surface area contributed by atoms with Crippen LogP contribution in [-0.2, 0) is 4.74 Å². The zero-order valence-corrected chi connectivity index (χ0v) is 16.5. The van der Waals surface area contributed by atoms with Crippen LogP contribution in [-0.4, -0.2) is 66.5 Å². The summed E-state index contributed by atoms with van der Waals surface area (Å²) in [4.78, 5) is 12.8. The summed E-state index contributed by atoms with van der Waals surface area (Å²) in [5.41, 5.74) is -1.32. The molecule has 0 saturated carbocycles. The highest BCUT2D eigenvalue weighted by Gasteiger charge is 2.43. The maximum atomic E-state index is 12.8. The summed E-state index contributed by atoms with van der Waals surface area (Å²) in [6.07, 6.45) is -7.29. The number of aromatic hydroxyl groups is 4. The quantitative estimate of drug-likeness (QED) is 0.295. The van der Waals surface area contributed by atoms with E-state index in [1.807, 2.05) is 0 Å². The molecule has 0 spiro atoms. The number of benzene rings is 2. The summed E-state index contributed by atoms with van der Waals surface area (Å²) >= 11 is 0. The lowest BCUT2D eigenvalue weighted by Gasteiger charge is -2.38. The topological polar surface area (TPSA) is 190 Å². The van der Waals surface area contributed by atoms with Crippen LogP contribution in [0.4, 0.5) is 0 Å². The Morgan fingerprint density at radius 2 is 1.56 bits per heavy atom. The Morgan fingerprint density at radius 3 is 2.22 bits per heavy atom. The summed E-state index contributed by atoms with van der Waals surface area (Å²) in [5, 5.41) is 69.9. The number of ether oxygens (including phenoxy) is 2. The van der Waals surface area contributed by atoms with E-state index in [4.69, 9.17) is 13.9 Å². The predicted octanol–water partition coefficient (Wildman–Crippen LogP) is 0.489. The number of aliphatic hydroxyl groups is 3. The van der Waals surface area contributed by atoms with Crippen molar-refractivity contribution in [3.8, 4) is 40.1 Å². The third kappa shape index (κ3) is 3.46. The molecule has 7 N–H and O–H groups in total. The molecule has 0 radical (unpaired) electrons. The van der Waals surface area contributed by atoms with Gasteiger partial charge in [-0.2, -0.15) is 0 Å². The first kappa shape index (κ1) is 21.7.